The molecule has 1 aromatic carbocycles. The van der Waals surface area contributed by atoms with Crippen LogP contribution >= 0.6 is 34.4 Å². The van der Waals surface area contributed by atoms with Crippen LogP contribution in [0.1, 0.15) is 32.5 Å². The van der Waals surface area contributed by atoms with E-state index in [9.17, 15) is 14.4 Å². The van der Waals surface area contributed by atoms with E-state index in [-0.39, 0.29) is 33.7 Å². The molecule has 2 amide bonds. The van der Waals surface area contributed by atoms with Crippen molar-refractivity contribution in [1.29, 1.82) is 0 Å². The Kier molecular flexibility index (Phi) is 7.00. The average Bonchev–Trinajstić information content (AvgIpc) is 3.47. The van der Waals surface area contributed by atoms with Crippen molar-refractivity contribution >= 4 is 67.3 Å². The molecule has 34 heavy (non-hydrogen) atoms. The van der Waals surface area contributed by atoms with Crippen LogP contribution < -0.4 is 11.1 Å². The van der Waals surface area contributed by atoms with Gasteiger partial charge in [0.15, 0.2) is 11.0 Å². The van der Waals surface area contributed by atoms with Crippen molar-refractivity contribution < 1.29 is 19.1 Å². The number of benzene rings is 1. The fourth-order valence-electron chi connectivity index (χ4n) is 3.40. The number of rotatable bonds is 8. The van der Waals surface area contributed by atoms with Gasteiger partial charge in [-0.3, -0.25) is 9.59 Å². The summed E-state index contributed by atoms with van der Waals surface area (Å²) >= 11 is 3.81. The molecule has 176 valence electrons. The van der Waals surface area contributed by atoms with Gasteiger partial charge in [0.05, 0.1) is 22.8 Å². The number of aromatic nitrogens is 3. The highest BCUT2D eigenvalue weighted by atomic mass is 32.2. The zero-order valence-electron chi connectivity index (χ0n) is 18.6. The first-order chi connectivity index (χ1) is 16.3. The molecule has 0 aliphatic carbocycles. The predicted molar refractivity (Wildman–Crippen MR) is 135 cm³/mol. The van der Waals surface area contributed by atoms with Crippen LogP contribution in [0, 0.1) is 6.92 Å². The summed E-state index contributed by atoms with van der Waals surface area (Å²) in [4.78, 5) is 37.0. The van der Waals surface area contributed by atoms with Gasteiger partial charge in [-0.05, 0) is 25.5 Å². The highest BCUT2D eigenvalue weighted by Gasteiger charge is 2.26. The fraction of sp³-hybridized carbons (Fsp3) is 0.227. The lowest BCUT2D eigenvalue weighted by atomic mass is 10.1. The number of amides is 2. The SMILES string of the molecule is CCOC(=O)c1c(NC(=O)CSc2nnc(-c3csc4ccccc34)n2C)sc(C(N)=O)c1C. The minimum atomic E-state index is -0.671. The minimum Gasteiger partial charge on any atom is -0.462 e. The van der Waals surface area contributed by atoms with E-state index in [0.29, 0.717) is 16.5 Å². The van der Waals surface area contributed by atoms with Crippen molar-refractivity contribution in [1.82, 2.24) is 14.8 Å². The molecule has 4 aromatic rings. The lowest BCUT2D eigenvalue weighted by molar-refractivity contribution is -0.113. The maximum absolute atomic E-state index is 12.7. The molecular formula is C22H21N5O4S3. The second kappa shape index (κ2) is 9.95. The summed E-state index contributed by atoms with van der Waals surface area (Å²) in [5, 5.41) is 15.2. The largest absolute Gasteiger partial charge is 0.462 e. The zero-order chi connectivity index (χ0) is 24.4. The number of thiophene rings is 2. The molecule has 0 saturated carbocycles. The third-order valence-corrected chi connectivity index (χ3v) is 8.20. The number of anilines is 1. The maximum Gasteiger partial charge on any atom is 0.341 e. The number of carbonyl (C=O) groups is 3. The van der Waals surface area contributed by atoms with E-state index in [1.807, 2.05) is 35.2 Å². The summed E-state index contributed by atoms with van der Waals surface area (Å²) in [5.41, 5.74) is 6.93. The van der Waals surface area contributed by atoms with Gasteiger partial charge in [0, 0.05) is 28.1 Å². The topological polar surface area (TPSA) is 129 Å². The first-order valence-electron chi connectivity index (χ1n) is 10.2. The van der Waals surface area contributed by atoms with Crippen molar-refractivity contribution in [3.63, 3.8) is 0 Å². The van der Waals surface area contributed by atoms with E-state index >= 15 is 0 Å². The summed E-state index contributed by atoms with van der Waals surface area (Å²) in [7, 11) is 1.85. The van der Waals surface area contributed by atoms with Crippen molar-refractivity contribution in [2.75, 3.05) is 17.7 Å². The van der Waals surface area contributed by atoms with Gasteiger partial charge in [-0.1, -0.05) is 30.0 Å². The monoisotopic (exact) mass is 515 g/mol. The molecule has 12 heteroatoms. The molecule has 4 rings (SSSR count). The van der Waals surface area contributed by atoms with Gasteiger partial charge < -0.3 is 20.4 Å². The van der Waals surface area contributed by atoms with Crippen molar-refractivity contribution in [2.45, 2.75) is 19.0 Å². The van der Waals surface area contributed by atoms with E-state index in [4.69, 9.17) is 10.5 Å². The molecule has 0 aliphatic heterocycles. The number of nitrogens with one attached hydrogen (secondary N) is 1. The standard InChI is InChI=1S/C22H21N5O4S3/c1-4-31-21(30)16-11(2)17(18(23)29)34-20(16)24-15(28)10-33-22-26-25-19(27(22)3)13-9-32-14-8-6-5-7-12(13)14/h5-9H,4,10H2,1-3H3,(H2,23,29)(H,24,28). The molecule has 0 radical (unpaired) electrons. The molecule has 0 aliphatic rings. The van der Waals surface area contributed by atoms with Gasteiger partial charge in [0.25, 0.3) is 5.91 Å². The third-order valence-electron chi connectivity index (χ3n) is 4.99. The van der Waals surface area contributed by atoms with E-state index in [1.165, 1.54) is 11.8 Å². The predicted octanol–water partition coefficient (Wildman–Crippen LogP) is 4.07. The van der Waals surface area contributed by atoms with Crippen LogP contribution in [0.25, 0.3) is 21.5 Å². The molecule has 3 aromatic heterocycles. The minimum absolute atomic E-state index is 0.0292. The molecular weight excluding hydrogens is 494 g/mol. The Balaban J connectivity index is 1.50. The van der Waals surface area contributed by atoms with Gasteiger partial charge >= 0.3 is 5.97 Å². The molecule has 0 saturated heterocycles. The van der Waals surface area contributed by atoms with Crippen LogP contribution in [0.4, 0.5) is 5.00 Å². The fourth-order valence-corrected chi connectivity index (χ4v) is 6.12. The number of hydrogen-bond donors (Lipinski definition) is 2. The Labute approximate surface area is 207 Å². The number of esters is 1. The second-order valence-electron chi connectivity index (χ2n) is 7.19. The highest BCUT2D eigenvalue weighted by molar-refractivity contribution is 7.99. The average molecular weight is 516 g/mol. The Morgan fingerprint density at radius 2 is 2.00 bits per heavy atom. The van der Waals surface area contributed by atoms with Crippen LogP contribution in [0.15, 0.2) is 34.8 Å². The molecule has 3 N–H and O–H groups in total. The van der Waals surface area contributed by atoms with Gasteiger partial charge in [-0.15, -0.1) is 32.9 Å². The first kappa shape index (κ1) is 23.9. The van der Waals surface area contributed by atoms with E-state index in [2.05, 4.69) is 21.6 Å². The Bertz CT molecular complexity index is 1400. The third kappa shape index (κ3) is 4.56. The summed E-state index contributed by atoms with van der Waals surface area (Å²) in [6, 6.07) is 8.07. The number of carbonyl (C=O) groups excluding carboxylic acids is 3. The van der Waals surface area contributed by atoms with E-state index in [1.54, 1.807) is 25.2 Å². The molecule has 0 spiro atoms. The summed E-state index contributed by atoms with van der Waals surface area (Å²) in [6.45, 7) is 3.44. The van der Waals surface area contributed by atoms with E-state index in [0.717, 1.165) is 27.0 Å². The zero-order valence-corrected chi connectivity index (χ0v) is 21.0. The van der Waals surface area contributed by atoms with Crippen LogP contribution in [-0.4, -0.2) is 44.9 Å². The van der Waals surface area contributed by atoms with Crippen molar-refractivity contribution in [3.8, 4) is 11.4 Å². The molecule has 0 fully saturated rings. The number of nitrogens with zero attached hydrogens (tertiary/aromatic N) is 3. The van der Waals surface area contributed by atoms with Crippen LogP contribution in [0.5, 0.6) is 0 Å². The lowest BCUT2D eigenvalue weighted by Gasteiger charge is -2.07. The van der Waals surface area contributed by atoms with Crippen LogP contribution in [-0.2, 0) is 16.6 Å². The number of fused-ring (bicyclic) bond motifs is 1. The maximum atomic E-state index is 12.7. The smallest absolute Gasteiger partial charge is 0.341 e. The lowest BCUT2D eigenvalue weighted by Crippen LogP contribution is -2.17. The number of primary amides is 1. The second-order valence-corrected chi connectivity index (χ2v) is 10.1. The quantitative estimate of drug-likeness (QED) is 0.267. The molecule has 3 heterocycles. The molecule has 9 nitrogen and oxygen atoms in total. The van der Waals surface area contributed by atoms with Gasteiger partial charge in [-0.25, -0.2) is 4.79 Å². The van der Waals surface area contributed by atoms with Crippen LogP contribution in [0.2, 0.25) is 0 Å². The summed E-state index contributed by atoms with van der Waals surface area (Å²) in [5.74, 6) is -0.909. The molecule has 0 atom stereocenters. The summed E-state index contributed by atoms with van der Waals surface area (Å²) < 4.78 is 8.08. The Morgan fingerprint density at radius 3 is 2.74 bits per heavy atom. The number of hydrogen-bond acceptors (Lipinski definition) is 9. The van der Waals surface area contributed by atoms with Crippen molar-refractivity contribution in [2.24, 2.45) is 12.8 Å². The normalized spacial score (nSPS) is 11.0. The number of nitrogens with two attached hydrogens (primary N) is 1. The first-order valence-corrected chi connectivity index (χ1v) is 12.9. The molecule has 0 bridgehead atoms. The summed E-state index contributed by atoms with van der Waals surface area (Å²) in [6.07, 6.45) is 0. The van der Waals surface area contributed by atoms with Crippen LogP contribution in [0.3, 0.4) is 0 Å². The number of ether oxygens (including phenoxy) is 1. The number of thioether (sulfide) groups is 1. The Morgan fingerprint density at radius 1 is 1.24 bits per heavy atom. The Hall–Kier alpha value is -3.22. The van der Waals surface area contributed by atoms with Gasteiger partial charge in [0.1, 0.15) is 5.00 Å². The van der Waals surface area contributed by atoms with E-state index < -0.39 is 11.9 Å². The van der Waals surface area contributed by atoms with Gasteiger partial charge in [-0.2, -0.15) is 0 Å². The van der Waals surface area contributed by atoms with Gasteiger partial charge in [0.2, 0.25) is 5.91 Å². The molecule has 0 unspecified atom stereocenters. The highest BCUT2D eigenvalue weighted by Crippen LogP contribution is 2.35. The van der Waals surface area contributed by atoms with Crippen molar-refractivity contribution in [3.05, 3.63) is 45.6 Å².